The second-order valence-corrected chi connectivity index (χ2v) is 8.02. The number of rotatable bonds is 3. The molecule has 1 aromatic carbocycles. The Bertz CT molecular complexity index is 1060. The highest BCUT2D eigenvalue weighted by molar-refractivity contribution is 6.33. The molecule has 1 unspecified atom stereocenters. The Morgan fingerprint density at radius 2 is 2.14 bits per heavy atom. The molecule has 0 aliphatic carbocycles. The summed E-state index contributed by atoms with van der Waals surface area (Å²) in [5, 5.41) is 3.68. The summed E-state index contributed by atoms with van der Waals surface area (Å²) >= 11 is 6.39. The molecule has 1 saturated heterocycles. The SMILES string of the molecule is CN1CCCn2c1nc1c(F)cc(-c3nc(NC4CCCOC4)ncc3Cl)cc12. The molecular weight excluding hydrogens is 395 g/mol. The van der Waals surface area contributed by atoms with Crippen LogP contribution >= 0.6 is 11.6 Å². The first kappa shape index (κ1) is 18.6. The molecule has 29 heavy (non-hydrogen) atoms. The zero-order chi connectivity index (χ0) is 20.0. The van der Waals surface area contributed by atoms with Gasteiger partial charge < -0.3 is 19.5 Å². The van der Waals surface area contributed by atoms with Gasteiger partial charge in [0.1, 0.15) is 5.52 Å². The summed E-state index contributed by atoms with van der Waals surface area (Å²) in [6, 6.07) is 3.52. The Hall–Kier alpha value is -2.45. The van der Waals surface area contributed by atoms with Crippen molar-refractivity contribution in [3.8, 4) is 11.3 Å². The third-order valence-electron chi connectivity index (χ3n) is 5.52. The smallest absolute Gasteiger partial charge is 0.223 e. The van der Waals surface area contributed by atoms with E-state index < -0.39 is 0 Å². The van der Waals surface area contributed by atoms with E-state index in [0.717, 1.165) is 50.4 Å². The zero-order valence-electron chi connectivity index (χ0n) is 16.2. The van der Waals surface area contributed by atoms with Gasteiger partial charge in [0.2, 0.25) is 11.9 Å². The number of halogens is 2. The van der Waals surface area contributed by atoms with E-state index in [0.29, 0.717) is 34.4 Å². The van der Waals surface area contributed by atoms with E-state index >= 15 is 0 Å². The maximum Gasteiger partial charge on any atom is 0.223 e. The van der Waals surface area contributed by atoms with Crippen LogP contribution in [0.5, 0.6) is 0 Å². The van der Waals surface area contributed by atoms with Gasteiger partial charge in [0.25, 0.3) is 0 Å². The Morgan fingerprint density at radius 1 is 1.24 bits per heavy atom. The molecule has 0 radical (unpaired) electrons. The Labute approximate surface area is 172 Å². The summed E-state index contributed by atoms with van der Waals surface area (Å²) < 4.78 is 22.5. The number of imidazole rings is 1. The van der Waals surface area contributed by atoms with E-state index in [2.05, 4.69) is 29.7 Å². The van der Waals surface area contributed by atoms with Gasteiger partial charge in [-0.3, -0.25) is 0 Å². The summed E-state index contributed by atoms with van der Waals surface area (Å²) in [4.78, 5) is 15.4. The van der Waals surface area contributed by atoms with Gasteiger partial charge in [0, 0.05) is 32.3 Å². The quantitative estimate of drug-likeness (QED) is 0.701. The molecule has 2 aliphatic rings. The van der Waals surface area contributed by atoms with Gasteiger partial charge in [-0.2, -0.15) is 0 Å². The normalized spacial score (nSPS) is 19.4. The summed E-state index contributed by atoms with van der Waals surface area (Å²) in [5.41, 5.74) is 2.24. The molecule has 0 amide bonds. The van der Waals surface area contributed by atoms with E-state index in [1.807, 2.05) is 13.1 Å². The topological polar surface area (TPSA) is 68.1 Å². The van der Waals surface area contributed by atoms with E-state index in [1.54, 1.807) is 6.20 Å². The number of benzene rings is 1. The first-order valence-corrected chi connectivity index (χ1v) is 10.3. The number of ether oxygens (including phenoxy) is 1. The van der Waals surface area contributed by atoms with Crippen molar-refractivity contribution >= 4 is 34.5 Å². The van der Waals surface area contributed by atoms with Crippen LogP contribution < -0.4 is 10.2 Å². The average molecular weight is 417 g/mol. The molecule has 7 nitrogen and oxygen atoms in total. The molecule has 0 saturated carbocycles. The van der Waals surface area contributed by atoms with Crippen LogP contribution in [0.2, 0.25) is 5.02 Å². The van der Waals surface area contributed by atoms with Crippen LogP contribution in [0.4, 0.5) is 16.3 Å². The van der Waals surface area contributed by atoms with Crippen molar-refractivity contribution in [2.45, 2.75) is 31.8 Å². The van der Waals surface area contributed by atoms with Crippen molar-refractivity contribution in [2.75, 3.05) is 37.0 Å². The molecule has 4 heterocycles. The fraction of sp³-hybridized carbons (Fsp3) is 0.450. The molecule has 9 heteroatoms. The number of fused-ring (bicyclic) bond motifs is 3. The highest BCUT2D eigenvalue weighted by Gasteiger charge is 2.22. The van der Waals surface area contributed by atoms with Crippen molar-refractivity contribution in [1.29, 1.82) is 0 Å². The highest BCUT2D eigenvalue weighted by atomic mass is 35.5. The van der Waals surface area contributed by atoms with Crippen molar-refractivity contribution in [3.05, 3.63) is 29.2 Å². The van der Waals surface area contributed by atoms with Crippen LogP contribution in [-0.2, 0) is 11.3 Å². The molecule has 152 valence electrons. The third kappa shape index (κ3) is 3.40. The average Bonchev–Trinajstić information content (AvgIpc) is 3.11. The van der Waals surface area contributed by atoms with Crippen molar-refractivity contribution in [3.63, 3.8) is 0 Å². The standard InChI is InChI=1S/C20H22ClFN6O/c1-27-5-3-6-28-16-9-12(8-15(22)18(16)26-20(27)28)17-14(21)10-23-19(25-17)24-13-4-2-7-29-11-13/h8-10,13H,2-7,11H2,1H3,(H,23,24,25). The number of hydrogen-bond acceptors (Lipinski definition) is 6. The van der Waals surface area contributed by atoms with Crippen LogP contribution in [-0.4, -0.2) is 52.4 Å². The van der Waals surface area contributed by atoms with E-state index in [9.17, 15) is 4.39 Å². The molecule has 0 spiro atoms. The summed E-state index contributed by atoms with van der Waals surface area (Å²) in [6.45, 7) is 3.13. The fourth-order valence-corrected chi connectivity index (χ4v) is 4.26. The number of anilines is 2. The van der Waals surface area contributed by atoms with Gasteiger partial charge in [0.05, 0.1) is 35.1 Å². The van der Waals surface area contributed by atoms with E-state index in [1.165, 1.54) is 6.07 Å². The monoisotopic (exact) mass is 416 g/mol. The minimum atomic E-state index is -0.377. The molecule has 1 N–H and O–H groups in total. The van der Waals surface area contributed by atoms with E-state index in [4.69, 9.17) is 16.3 Å². The molecule has 0 bridgehead atoms. The largest absolute Gasteiger partial charge is 0.379 e. The van der Waals surface area contributed by atoms with Gasteiger partial charge in [-0.15, -0.1) is 0 Å². The summed E-state index contributed by atoms with van der Waals surface area (Å²) in [6.07, 6.45) is 4.54. The van der Waals surface area contributed by atoms with Crippen molar-refractivity contribution < 1.29 is 9.13 Å². The molecule has 1 fully saturated rings. The maximum absolute atomic E-state index is 14.9. The number of nitrogens with zero attached hydrogens (tertiary/aromatic N) is 5. The van der Waals surface area contributed by atoms with Gasteiger partial charge in [-0.25, -0.2) is 19.3 Å². The molecule has 2 aromatic heterocycles. The second kappa shape index (κ2) is 7.42. The van der Waals surface area contributed by atoms with Gasteiger partial charge >= 0.3 is 0 Å². The van der Waals surface area contributed by atoms with Crippen LogP contribution in [0.1, 0.15) is 19.3 Å². The lowest BCUT2D eigenvalue weighted by atomic mass is 10.1. The van der Waals surface area contributed by atoms with Crippen LogP contribution in [0.3, 0.4) is 0 Å². The lowest BCUT2D eigenvalue weighted by Gasteiger charge is -2.25. The number of aryl methyl sites for hydroxylation is 1. The summed E-state index contributed by atoms with van der Waals surface area (Å²) in [5.74, 6) is 0.879. The van der Waals surface area contributed by atoms with Crippen molar-refractivity contribution in [1.82, 2.24) is 19.5 Å². The lowest BCUT2D eigenvalue weighted by molar-refractivity contribution is 0.0874. The van der Waals surface area contributed by atoms with Gasteiger partial charge in [-0.1, -0.05) is 11.6 Å². The minimum absolute atomic E-state index is 0.161. The molecule has 3 aromatic rings. The number of nitrogens with one attached hydrogen (secondary N) is 1. The molecule has 2 aliphatic heterocycles. The summed E-state index contributed by atoms with van der Waals surface area (Å²) in [7, 11) is 1.98. The van der Waals surface area contributed by atoms with Crippen molar-refractivity contribution in [2.24, 2.45) is 0 Å². The predicted molar refractivity (Wildman–Crippen MR) is 111 cm³/mol. The molecule has 1 atom stereocenters. The lowest BCUT2D eigenvalue weighted by Crippen LogP contribution is -2.30. The highest BCUT2D eigenvalue weighted by Crippen LogP contribution is 2.33. The van der Waals surface area contributed by atoms with Gasteiger partial charge in [-0.05, 0) is 31.4 Å². The Balaban J connectivity index is 1.55. The van der Waals surface area contributed by atoms with E-state index in [-0.39, 0.29) is 11.9 Å². The fourth-order valence-electron chi connectivity index (χ4n) is 4.06. The van der Waals surface area contributed by atoms with Crippen LogP contribution in [0, 0.1) is 5.82 Å². The zero-order valence-corrected chi connectivity index (χ0v) is 16.9. The molecular formula is C20H22ClFN6O. The predicted octanol–water partition coefficient (Wildman–Crippen LogP) is 3.72. The number of aromatic nitrogens is 4. The minimum Gasteiger partial charge on any atom is -0.379 e. The second-order valence-electron chi connectivity index (χ2n) is 7.61. The van der Waals surface area contributed by atoms with Crippen LogP contribution in [0.25, 0.3) is 22.3 Å². The van der Waals surface area contributed by atoms with Crippen LogP contribution in [0.15, 0.2) is 18.3 Å². The van der Waals surface area contributed by atoms with Gasteiger partial charge in [0.15, 0.2) is 5.82 Å². The first-order valence-electron chi connectivity index (χ1n) is 9.88. The number of hydrogen-bond donors (Lipinski definition) is 1. The molecule has 5 rings (SSSR count). The Morgan fingerprint density at radius 3 is 2.97 bits per heavy atom. The maximum atomic E-state index is 14.9. The first-order chi connectivity index (χ1) is 14.1. The Kier molecular flexibility index (Phi) is 4.75. The third-order valence-corrected chi connectivity index (χ3v) is 5.79.